The van der Waals surface area contributed by atoms with Crippen molar-refractivity contribution in [1.82, 2.24) is 5.32 Å². The van der Waals surface area contributed by atoms with E-state index >= 15 is 0 Å². The first kappa shape index (κ1) is 71.6. The van der Waals surface area contributed by atoms with E-state index in [-0.39, 0.29) is 18.5 Å². The van der Waals surface area contributed by atoms with Crippen LogP contribution in [0.5, 0.6) is 0 Å². The number of aliphatic hydroxyl groups is 2. The summed E-state index contributed by atoms with van der Waals surface area (Å²) in [6.45, 7) is 4.92. The molecule has 0 radical (unpaired) electrons. The van der Waals surface area contributed by atoms with E-state index < -0.39 is 12.1 Å². The third-order valence-corrected chi connectivity index (χ3v) is 15.8. The van der Waals surface area contributed by atoms with Crippen LogP contribution in [0.2, 0.25) is 0 Å². The Morgan fingerprint density at radius 3 is 0.932 bits per heavy atom. The number of ether oxygens (including phenoxy) is 1. The van der Waals surface area contributed by atoms with Gasteiger partial charge in [0.1, 0.15) is 0 Å². The van der Waals surface area contributed by atoms with Gasteiger partial charge in [0.25, 0.3) is 0 Å². The van der Waals surface area contributed by atoms with E-state index in [1.54, 1.807) is 6.08 Å². The van der Waals surface area contributed by atoms with Gasteiger partial charge in [0, 0.05) is 12.8 Å². The topological polar surface area (TPSA) is 95.9 Å². The number of unbranched alkanes of at least 4 members (excludes halogenated alkanes) is 52. The van der Waals surface area contributed by atoms with Crippen molar-refractivity contribution in [3.05, 3.63) is 12.2 Å². The van der Waals surface area contributed by atoms with Gasteiger partial charge in [0.2, 0.25) is 5.91 Å². The molecule has 434 valence electrons. The van der Waals surface area contributed by atoms with Crippen LogP contribution in [-0.4, -0.2) is 47.4 Å². The predicted octanol–water partition coefficient (Wildman–Crippen LogP) is 21.2. The SMILES string of the molecule is CCCCCCCCCC/C=C/C(O)C(CO)NC(=O)CCCCCCCCCCCCCCCCCCCCCCCCCCCCCOC(=O)CCCCCCCCCCCCCCCCCCCCC. The number of hydrogen-bond donors (Lipinski definition) is 3. The highest BCUT2D eigenvalue weighted by atomic mass is 16.5. The fraction of sp³-hybridized carbons (Fsp3) is 0.940. The van der Waals surface area contributed by atoms with E-state index in [9.17, 15) is 19.8 Å². The minimum atomic E-state index is -0.840. The fourth-order valence-electron chi connectivity index (χ4n) is 10.7. The number of amides is 1. The molecule has 6 nitrogen and oxygen atoms in total. The fourth-order valence-corrected chi connectivity index (χ4v) is 10.7. The van der Waals surface area contributed by atoms with Crippen LogP contribution in [0.25, 0.3) is 0 Å². The second-order valence-corrected chi connectivity index (χ2v) is 23.2. The molecule has 0 aliphatic carbocycles. The van der Waals surface area contributed by atoms with Crippen LogP contribution in [0.15, 0.2) is 12.2 Å². The van der Waals surface area contributed by atoms with Gasteiger partial charge < -0.3 is 20.3 Å². The second kappa shape index (κ2) is 63.1. The molecule has 6 heteroatoms. The summed E-state index contributed by atoms with van der Waals surface area (Å²) in [6, 6.07) is -0.623. The lowest BCUT2D eigenvalue weighted by molar-refractivity contribution is -0.143. The average Bonchev–Trinajstić information content (AvgIpc) is 3.39. The molecular weight excluding hydrogens is 899 g/mol. The highest BCUT2D eigenvalue weighted by molar-refractivity contribution is 5.76. The van der Waals surface area contributed by atoms with Gasteiger partial charge in [-0.3, -0.25) is 9.59 Å². The molecule has 0 bridgehead atoms. The summed E-state index contributed by atoms with van der Waals surface area (Å²) in [5.74, 6) is -0.0422. The zero-order chi connectivity index (χ0) is 52.9. The van der Waals surface area contributed by atoms with Crippen molar-refractivity contribution < 1.29 is 24.5 Å². The Labute approximate surface area is 457 Å². The van der Waals surface area contributed by atoms with Gasteiger partial charge in [-0.1, -0.05) is 347 Å². The lowest BCUT2D eigenvalue weighted by Gasteiger charge is -2.20. The summed E-state index contributed by atoms with van der Waals surface area (Å²) >= 11 is 0. The molecule has 0 saturated heterocycles. The van der Waals surface area contributed by atoms with Crippen LogP contribution >= 0.6 is 0 Å². The lowest BCUT2D eigenvalue weighted by atomic mass is 10.0. The molecule has 1 amide bonds. The molecule has 2 atom stereocenters. The third-order valence-electron chi connectivity index (χ3n) is 15.8. The van der Waals surface area contributed by atoms with Crippen molar-refractivity contribution in [1.29, 1.82) is 0 Å². The number of hydrogen-bond acceptors (Lipinski definition) is 5. The molecule has 0 aliphatic heterocycles. The quantitative estimate of drug-likeness (QED) is 0.0320. The zero-order valence-electron chi connectivity index (χ0n) is 49.6. The minimum absolute atomic E-state index is 0.0231. The molecule has 2 unspecified atom stereocenters. The monoisotopic (exact) mass is 1030 g/mol. The summed E-state index contributed by atoms with van der Waals surface area (Å²) < 4.78 is 5.51. The Bertz CT molecular complexity index is 1100. The van der Waals surface area contributed by atoms with Gasteiger partial charge in [-0.05, 0) is 32.1 Å². The van der Waals surface area contributed by atoms with Gasteiger partial charge >= 0.3 is 5.97 Å². The van der Waals surface area contributed by atoms with E-state index in [2.05, 4.69) is 19.2 Å². The zero-order valence-corrected chi connectivity index (χ0v) is 49.6. The first-order valence-electron chi connectivity index (χ1n) is 33.5. The van der Waals surface area contributed by atoms with Crippen LogP contribution in [0.1, 0.15) is 380 Å². The Morgan fingerprint density at radius 1 is 0.370 bits per heavy atom. The smallest absolute Gasteiger partial charge is 0.305 e. The molecular formula is C67H131NO5. The molecule has 0 aromatic rings. The molecule has 3 N–H and O–H groups in total. The van der Waals surface area contributed by atoms with E-state index in [4.69, 9.17) is 4.74 Å². The Balaban J connectivity index is 3.30. The minimum Gasteiger partial charge on any atom is -0.466 e. The van der Waals surface area contributed by atoms with Crippen LogP contribution in [0, 0.1) is 0 Å². The van der Waals surface area contributed by atoms with Gasteiger partial charge in [-0.2, -0.15) is 0 Å². The van der Waals surface area contributed by atoms with Crippen LogP contribution in [0.3, 0.4) is 0 Å². The Kier molecular flexibility index (Phi) is 61.9. The molecule has 0 aromatic heterocycles. The van der Waals surface area contributed by atoms with Crippen molar-refractivity contribution in [3.8, 4) is 0 Å². The maximum atomic E-state index is 12.4. The number of allylic oxidation sites excluding steroid dienone is 1. The average molecular weight is 1030 g/mol. The van der Waals surface area contributed by atoms with E-state index in [1.165, 1.54) is 315 Å². The van der Waals surface area contributed by atoms with E-state index in [0.717, 1.165) is 38.5 Å². The molecule has 0 rings (SSSR count). The van der Waals surface area contributed by atoms with Crippen molar-refractivity contribution in [2.24, 2.45) is 0 Å². The lowest BCUT2D eigenvalue weighted by Crippen LogP contribution is -2.45. The van der Waals surface area contributed by atoms with Crippen molar-refractivity contribution in [2.75, 3.05) is 13.2 Å². The highest BCUT2D eigenvalue weighted by Gasteiger charge is 2.18. The molecule has 0 spiro atoms. The van der Waals surface area contributed by atoms with Crippen LogP contribution in [0.4, 0.5) is 0 Å². The molecule has 0 saturated carbocycles. The number of carbonyl (C=O) groups is 2. The Morgan fingerprint density at radius 2 is 0.630 bits per heavy atom. The predicted molar refractivity (Wildman–Crippen MR) is 320 cm³/mol. The number of nitrogens with one attached hydrogen (secondary N) is 1. The molecule has 0 heterocycles. The Hall–Kier alpha value is -1.40. The van der Waals surface area contributed by atoms with E-state index in [1.807, 2.05) is 6.08 Å². The summed E-state index contributed by atoms with van der Waals surface area (Å²) in [6.07, 6.45) is 77.2. The largest absolute Gasteiger partial charge is 0.466 e. The van der Waals surface area contributed by atoms with Gasteiger partial charge in [-0.15, -0.1) is 0 Å². The maximum Gasteiger partial charge on any atom is 0.305 e. The number of carbonyl (C=O) groups excluding carboxylic acids is 2. The summed E-state index contributed by atoms with van der Waals surface area (Å²) in [4.78, 5) is 24.5. The summed E-state index contributed by atoms with van der Waals surface area (Å²) in [5.41, 5.74) is 0. The molecule has 0 aromatic carbocycles. The van der Waals surface area contributed by atoms with Crippen molar-refractivity contribution in [3.63, 3.8) is 0 Å². The molecule has 0 fully saturated rings. The first-order chi connectivity index (χ1) is 36.0. The standard InChI is InChI=1S/C67H131NO5/c1-3-5-7-9-11-13-15-16-17-18-28-32-35-38-41-45-49-53-57-61-67(72)73-62-58-54-50-46-42-39-36-33-30-27-25-23-21-19-20-22-24-26-29-31-34-37-40-44-48-52-56-60-66(71)68-64(63-69)65(70)59-55-51-47-43-14-12-10-8-6-4-2/h55,59,64-65,69-70H,3-54,56-58,60-63H2,1-2H3,(H,68,71)/b59-55+. The first-order valence-corrected chi connectivity index (χ1v) is 33.5. The molecule has 0 aliphatic rings. The maximum absolute atomic E-state index is 12.4. The number of esters is 1. The summed E-state index contributed by atoms with van der Waals surface area (Å²) in [7, 11) is 0. The van der Waals surface area contributed by atoms with Gasteiger partial charge in [0.15, 0.2) is 0 Å². The normalized spacial score (nSPS) is 12.5. The van der Waals surface area contributed by atoms with Crippen molar-refractivity contribution in [2.45, 2.75) is 392 Å². The second-order valence-electron chi connectivity index (χ2n) is 23.2. The highest BCUT2D eigenvalue weighted by Crippen LogP contribution is 2.19. The van der Waals surface area contributed by atoms with Crippen molar-refractivity contribution >= 4 is 11.9 Å². The number of rotatable bonds is 63. The van der Waals surface area contributed by atoms with Crippen LogP contribution < -0.4 is 5.32 Å². The van der Waals surface area contributed by atoms with Crippen LogP contribution in [-0.2, 0) is 14.3 Å². The third kappa shape index (κ3) is 59.7. The van der Waals surface area contributed by atoms with Gasteiger partial charge in [-0.25, -0.2) is 0 Å². The van der Waals surface area contributed by atoms with E-state index in [0.29, 0.717) is 19.4 Å². The van der Waals surface area contributed by atoms with Gasteiger partial charge in [0.05, 0.1) is 25.4 Å². The summed E-state index contributed by atoms with van der Waals surface area (Å²) in [5, 5.41) is 23.0. The number of aliphatic hydroxyl groups excluding tert-OH is 2. The molecule has 73 heavy (non-hydrogen) atoms.